The minimum Gasteiger partial charge on any atom is -0.444 e. The smallest absolute Gasteiger partial charge is 0.439 e. The van der Waals surface area contributed by atoms with Crippen molar-refractivity contribution in [3.63, 3.8) is 0 Å². The van der Waals surface area contributed by atoms with Gasteiger partial charge >= 0.3 is 11.8 Å². The van der Waals surface area contributed by atoms with Gasteiger partial charge in [-0.15, -0.1) is 0 Å². The van der Waals surface area contributed by atoms with Crippen LogP contribution >= 0.6 is 0 Å². The normalized spacial score (nSPS) is 13.0. The molecule has 3 aromatic rings. The van der Waals surface area contributed by atoms with Gasteiger partial charge in [0.05, 0.1) is 13.1 Å². The molecule has 2 aromatic carbocycles. The standard InChI is InChI=1S/C32H43N7O6/c1-21(2)39(31(43)44-32(4,5)6)15-14-37(26-16-23(13-12-22(26)3)29-34-30(42)45-35-29)20-27(40)33-17-28(41)36(7)38-18-24-10-8-9-11-25(24)19-38/h8-13,16,21H,14-15,17-20H2,1-7H3,(H,33,40)(H,34,35,42). The van der Waals surface area contributed by atoms with Crippen LogP contribution in [0.4, 0.5) is 10.5 Å². The number of H-pyrrole nitrogens is 1. The number of nitrogens with zero attached hydrogens (tertiary/aromatic N) is 5. The minimum absolute atomic E-state index is 0.0912. The van der Waals surface area contributed by atoms with Gasteiger partial charge in [0.1, 0.15) is 5.60 Å². The van der Waals surface area contributed by atoms with Crippen LogP contribution in [0.2, 0.25) is 0 Å². The lowest BCUT2D eigenvalue weighted by molar-refractivity contribution is -0.146. The molecule has 0 fully saturated rings. The Hall–Kier alpha value is -4.65. The van der Waals surface area contributed by atoms with Crippen molar-refractivity contribution < 1.29 is 23.6 Å². The maximum Gasteiger partial charge on any atom is 0.439 e. The van der Waals surface area contributed by atoms with Gasteiger partial charge in [-0.2, -0.15) is 0 Å². The zero-order chi connectivity index (χ0) is 32.9. The lowest BCUT2D eigenvalue weighted by Gasteiger charge is -2.33. The number of nitrogens with one attached hydrogen (secondary N) is 2. The van der Waals surface area contributed by atoms with Crippen LogP contribution in [0.1, 0.15) is 51.3 Å². The SMILES string of the molecule is Cc1ccc(-c2noc(=O)[nH]2)cc1N(CCN(C(=O)OC(C)(C)C)C(C)C)CC(=O)NCC(=O)N(C)N1Cc2ccccc2C1. The van der Waals surface area contributed by atoms with E-state index in [1.165, 1.54) is 11.1 Å². The monoisotopic (exact) mass is 621 g/mol. The summed E-state index contributed by atoms with van der Waals surface area (Å²) in [6.45, 7) is 12.6. The molecule has 0 saturated heterocycles. The van der Waals surface area contributed by atoms with Gasteiger partial charge in [-0.05, 0) is 64.3 Å². The van der Waals surface area contributed by atoms with Gasteiger partial charge in [0.15, 0.2) is 5.82 Å². The summed E-state index contributed by atoms with van der Waals surface area (Å²) < 4.78 is 10.3. The zero-order valence-electron chi connectivity index (χ0n) is 27.0. The Balaban J connectivity index is 1.48. The Morgan fingerprint density at radius 3 is 2.33 bits per heavy atom. The summed E-state index contributed by atoms with van der Waals surface area (Å²) in [6, 6.07) is 13.3. The Morgan fingerprint density at radius 2 is 1.76 bits per heavy atom. The van der Waals surface area contributed by atoms with E-state index in [9.17, 15) is 19.2 Å². The molecule has 242 valence electrons. The molecule has 1 aliphatic rings. The van der Waals surface area contributed by atoms with E-state index in [0.29, 0.717) is 24.3 Å². The number of rotatable bonds is 11. The summed E-state index contributed by atoms with van der Waals surface area (Å²) in [6.07, 6.45) is -0.453. The fourth-order valence-corrected chi connectivity index (χ4v) is 5.05. The Labute approximate surface area is 263 Å². The second kappa shape index (κ2) is 14.0. The third kappa shape index (κ3) is 8.72. The van der Waals surface area contributed by atoms with Gasteiger partial charge in [-0.3, -0.25) is 24.1 Å². The molecule has 0 bridgehead atoms. The molecule has 0 spiro atoms. The predicted octanol–water partition coefficient (Wildman–Crippen LogP) is 3.30. The van der Waals surface area contributed by atoms with Gasteiger partial charge < -0.3 is 19.9 Å². The number of carbonyl (C=O) groups is 3. The van der Waals surface area contributed by atoms with Gasteiger partial charge in [0.2, 0.25) is 5.91 Å². The van der Waals surface area contributed by atoms with Gasteiger partial charge in [0, 0.05) is 50.5 Å². The molecule has 2 N–H and O–H groups in total. The molecule has 0 atom stereocenters. The minimum atomic E-state index is -0.680. The summed E-state index contributed by atoms with van der Waals surface area (Å²) in [5.41, 5.74) is 3.81. The summed E-state index contributed by atoms with van der Waals surface area (Å²) in [4.78, 5) is 56.9. The van der Waals surface area contributed by atoms with E-state index in [2.05, 4.69) is 20.0 Å². The third-order valence-corrected chi connectivity index (χ3v) is 7.51. The first kappa shape index (κ1) is 33.2. The summed E-state index contributed by atoms with van der Waals surface area (Å²) in [7, 11) is 1.70. The molecule has 0 unspecified atom stereocenters. The van der Waals surface area contributed by atoms with Crippen LogP contribution < -0.4 is 16.0 Å². The van der Waals surface area contributed by atoms with Crippen LogP contribution in [0.5, 0.6) is 0 Å². The van der Waals surface area contributed by atoms with E-state index in [0.717, 1.165) is 5.56 Å². The molecule has 0 aliphatic carbocycles. The summed E-state index contributed by atoms with van der Waals surface area (Å²) in [5.74, 6) is -1.04. The second-order valence-electron chi connectivity index (χ2n) is 12.4. The number of fused-ring (bicyclic) bond motifs is 1. The molecule has 2 heterocycles. The van der Waals surface area contributed by atoms with Gasteiger partial charge in [0.25, 0.3) is 5.91 Å². The average molecular weight is 622 g/mol. The highest BCUT2D eigenvalue weighted by molar-refractivity contribution is 5.87. The summed E-state index contributed by atoms with van der Waals surface area (Å²) in [5, 5.41) is 10.0. The molecule has 4 rings (SSSR count). The van der Waals surface area contributed by atoms with Crippen molar-refractivity contribution in [2.24, 2.45) is 0 Å². The van der Waals surface area contributed by atoms with Crippen LogP contribution in [0.3, 0.4) is 0 Å². The lowest BCUT2D eigenvalue weighted by Crippen LogP contribution is -2.49. The quantitative estimate of drug-likeness (QED) is 0.330. The van der Waals surface area contributed by atoms with E-state index in [4.69, 9.17) is 4.74 Å². The zero-order valence-corrected chi connectivity index (χ0v) is 27.0. The van der Waals surface area contributed by atoms with Crippen molar-refractivity contribution in [1.29, 1.82) is 0 Å². The van der Waals surface area contributed by atoms with Crippen LogP contribution in [-0.4, -0.2) is 87.8 Å². The van der Waals surface area contributed by atoms with Crippen LogP contribution in [0.15, 0.2) is 51.8 Å². The first-order chi connectivity index (χ1) is 21.2. The first-order valence-corrected chi connectivity index (χ1v) is 15.0. The Morgan fingerprint density at radius 1 is 1.09 bits per heavy atom. The number of hydrogen-bond donors (Lipinski definition) is 2. The van der Waals surface area contributed by atoms with E-state index in [-0.39, 0.29) is 49.9 Å². The van der Waals surface area contributed by atoms with Crippen molar-refractivity contribution in [3.05, 3.63) is 69.7 Å². The second-order valence-corrected chi connectivity index (χ2v) is 12.4. The molecule has 1 aliphatic heterocycles. The van der Waals surface area contributed by atoms with E-state index in [1.807, 2.05) is 81.8 Å². The molecular formula is C32H43N7O6. The number of benzene rings is 2. The van der Waals surface area contributed by atoms with E-state index in [1.54, 1.807) is 29.1 Å². The van der Waals surface area contributed by atoms with Crippen molar-refractivity contribution in [2.45, 2.75) is 66.3 Å². The average Bonchev–Trinajstić information content (AvgIpc) is 3.60. The number of hydrazine groups is 1. The molecule has 1 aromatic heterocycles. The van der Waals surface area contributed by atoms with Gasteiger partial charge in [-0.1, -0.05) is 41.6 Å². The molecule has 13 heteroatoms. The van der Waals surface area contributed by atoms with E-state index >= 15 is 0 Å². The number of anilines is 1. The highest BCUT2D eigenvalue weighted by Gasteiger charge is 2.27. The number of aryl methyl sites for hydroxylation is 1. The van der Waals surface area contributed by atoms with Crippen molar-refractivity contribution >= 4 is 23.6 Å². The number of likely N-dealkylation sites (N-methyl/N-ethyl adjacent to an activating group) is 1. The molecule has 0 saturated carbocycles. The molecule has 0 radical (unpaired) electrons. The maximum absolute atomic E-state index is 13.3. The summed E-state index contributed by atoms with van der Waals surface area (Å²) >= 11 is 0. The Kier molecular flexibility index (Phi) is 10.3. The number of aromatic nitrogens is 2. The number of amides is 3. The highest BCUT2D eigenvalue weighted by Crippen LogP contribution is 2.27. The molecular weight excluding hydrogens is 578 g/mol. The van der Waals surface area contributed by atoms with Crippen LogP contribution in [0.25, 0.3) is 11.4 Å². The van der Waals surface area contributed by atoms with Crippen molar-refractivity contribution in [1.82, 2.24) is 30.4 Å². The fraction of sp³-hybridized carbons (Fsp3) is 0.469. The number of hydrogen-bond acceptors (Lipinski definition) is 9. The fourth-order valence-electron chi connectivity index (χ4n) is 5.05. The third-order valence-electron chi connectivity index (χ3n) is 7.51. The number of carbonyl (C=O) groups excluding carboxylic acids is 3. The van der Waals surface area contributed by atoms with Crippen LogP contribution in [0, 0.1) is 6.92 Å². The number of aromatic amines is 1. The first-order valence-electron chi connectivity index (χ1n) is 15.0. The lowest BCUT2D eigenvalue weighted by atomic mass is 10.1. The van der Waals surface area contributed by atoms with Crippen molar-refractivity contribution in [3.8, 4) is 11.4 Å². The topological polar surface area (TPSA) is 144 Å². The molecule has 13 nitrogen and oxygen atoms in total. The molecule has 45 heavy (non-hydrogen) atoms. The van der Waals surface area contributed by atoms with Gasteiger partial charge in [-0.25, -0.2) is 14.6 Å². The largest absolute Gasteiger partial charge is 0.444 e. The number of ether oxygens (including phenoxy) is 1. The molecule has 3 amide bonds. The highest BCUT2D eigenvalue weighted by atomic mass is 16.6. The van der Waals surface area contributed by atoms with E-state index < -0.39 is 17.5 Å². The van der Waals surface area contributed by atoms with Crippen LogP contribution in [-0.2, 0) is 27.4 Å². The van der Waals surface area contributed by atoms with Crippen molar-refractivity contribution in [2.75, 3.05) is 38.1 Å². The predicted molar refractivity (Wildman–Crippen MR) is 169 cm³/mol. The Bertz CT molecular complexity index is 1550. The maximum atomic E-state index is 13.3.